The Morgan fingerprint density at radius 2 is 2.16 bits per heavy atom. The number of hydrogen-bond donors (Lipinski definition) is 0. The zero-order valence-electron chi connectivity index (χ0n) is 10.7. The fraction of sp³-hybridized carbons (Fsp3) is 0.333. The Morgan fingerprint density at radius 1 is 1.37 bits per heavy atom. The van der Waals surface area contributed by atoms with Crippen LogP contribution in [0.5, 0.6) is 5.88 Å². The lowest BCUT2D eigenvalue weighted by molar-refractivity contribution is -0.384. The van der Waals surface area contributed by atoms with E-state index in [4.69, 9.17) is 4.74 Å². The van der Waals surface area contributed by atoms with Gasteiger partial charge in [-0.05, 0) is 20.2 Å². The van der Waals surface area contributed by atoms with Crippen molar-refractivity contribution in [2.24, 2.45) is 0 Å². The van der Waals surface area contributed by atoms with Gasteiger partial charge in [-0.25, -0.2) is 9.97 Å². The summed E-state index contributed by atoms with van der Waals surface area (Å²) in [5.41, 5.74) is 1.05. The average molecular weight is 262 g/mol. The van der Waals surface area contributed by atoms with Gasteiger partial charge >= 0.3 is 0 Å². The summed E-state index contributed by atoms with van der Waals surface area (Å²) in [6.07, 6.45) is 1.52. The zero-order valence-corrected chi connectivity index (χ0v) is 10.7. The molecule has 0 fully saturated rings. The van der Waals surface area contributed by atoms with Crippen molar-refractivity contribution in [3.05, 3.63) is 34.5 Å². The first-order chi connectivity index (χ1) is 9.06. The number of benzene rings is 1. The Bertz CT molecular complexity index is 601. The van der Waals surface area contributed by atoms with Crippen molar-refractivity contribution >= 4 is 16.7 Å². The Morgan fingerprint density at radius 3 is 2.84 bits per heavy atom. The SMILES string of the molecule is CN(C)CCOc1cnc2ccc([N+](=O)[O-])cc2n1. The summed E-state index contributed by atoms with van der Waals surface area (Å²) in [6.45, 7) is 1.25. The van der Waals surface area contributed by atoms with E-state index in [-0.39, 0.29) is 5.69 Å². The summed E-state index contributed by atoms with van der Waals surface area (Å²) in [7, 11) is 3.89. The van der Waals surface area contributed by atoms with Crippen LogP contribution in [0.25, 0.3) is 11.0 Å². The highest BCUT2D eigenvalue weighted by molar-refractivity contribution is 5.77. The van der Waals surface area contributed by atoms with Crippen LogP contribution < -0.4 is 4.74 Å². The van der Waals surface area contributed by atoms with E-state index in [1.165, 1.54) is 18.3 Å². The number of likely N-dealkylation sites (N-methyl/N-ethyl adjacent to an activating group) is 1. The van der Waals surface area contributed by atoms with E-state index in [0.29, 0.717) is 23.5 Å². The predicted octanol–water partition coefficient (Wildman–Crippen LogP) is 1.48. The van der Waals surface area contributed by atoms with Crippen LogP contribution in [0, 0.1) is 10.1 Å². The molecule has 0 spiro atoms. The highest BCUT2D eigenvalue weighted by atomic mass is 16.6. The van der Waals surface area contributed by atoms with Gasteiger partial charge in [-0.1, -0.05) is 0 Å². The molecule has 0 amide bonds. The van der Waals surface area contributed by atoms with Crippen molar-refractivity contribution in [3.63, 3.8) is 0 Å². The topological polar surface area (TPSA) is 81.4 Å². The van der Waals surface area contributed by atoms with E-state index in [2.05, 4.69) is 9.97 Å². The molecule has 0 bridgehead atoms. The van der Waals surface area contributed by atoms with E-state index < -0.39 is 4.92 Å². The largest absolute Gasteiger partial charge is 0.475 e. The molecule has 1 heterocycles. The lowest BCUT2D eigenvalue weighted by atomic mass is 10.2. The number of non-ortho nitro benzene ring substituents is 1. The molecular weight excluding hydrogens is 248 g/mol. The van der Waals surface area contributed by atoms with Gasteiger partial charge in [-0.3, -0.25) is 10.1 Å². The third-order valence-electron chi connectivity index (χ3n) is 2.50. The fourth-order valence-corrected chi connectivity index (χ4v) is 1.50. The molecule has 7 nitrogen and oxygen atoms in total. The molecular formula is C12H14N4O3. The van der Waals surface area contributed by atoms with E-state index in [0.717, 1.165) is 6.54 Å². The minimum atomic E-state index is -0.458. The molecule has 100 valence electrons. The molecule has 2 aromatic rings. The van der Waals surface area contributed by atoms with Crippen molar-refractivity contribution in [3.8, 4) is 5.88 Å². The molecule has 1 aromatic carbocycles. The van der Waals surface area contributed by atoms with Gasteiger partial charge in [0.05, 0.1) is 22.2 Å². The Balaban J connectivity index is 2.20. The van der Waals surface area contributed by atoms with Crippen LogP contribution in [-0.2, 0) is 0 Å². The summed E-state index contributed by atoms with van der Waals surface area (Å²) in [5, 5.41) is 10.7. The van der Waals surface area contributed by atoms with E-state index >= 15 is 0 Å². The Kier molecular flexibility index (Phi) is 3.86. The molecule has 2 rings (SSSR count). The zero-order chi connectivity index (χ0) is 13.8. The lowest BCUT2D eigenvalue weighted by Crippen LogP contribution is -2.19. The van der Waals surface area contributed by atoms with Gasteiger partial charge in [0.25, 0.3) is 5.69 Å². The second kappa shape index (κ2) is 5.57. The number of ether oxygens (including phenoxy) is 1. The fourth-order valence-electron chi connectivity index (χ4n) is 1.50. The maximum absolute atomic E-state index is 10.7. The van der Waals surface area contributed by atoms with Crippen molar-refractivity contribution in [1.82, 2.24) is 14.9 Å². The number of aromatic nitrogens is 2. The van der Waals surface area contributed by atoms with Gasteiger partial charge in [0.2, 0.25) is 5.88 Å². The van der Waals surface area contributed by atoms with Crippen LogP contribution in [0.1, 0.15) is 0 Å². The van der Waals surface area contributed by atoms with E-state index in [1.807, 2.05) is 19.0 Å². The van der Waals surface area contributed by atoms with Gasteiger partial charge in [0.15, 0.2) is 0 Å². The monoisotopic (exact) mass is 262 g/mol. The predicted molar refractivity (Wildman–Crippen MR) is 70.2 cm³/mol. The minimum Gasteiger partial charge on any atom is -0.475 e. The first kappa shape index (κ1) is 13.2. The number of nitro groups is 1. The molecule has 0 aliphatic carbocycles. The standard InChI is InChI=1S/C12H14N4O3/c1-15(2)5-6-19-12-8-13-10-4-3-9(16(17)18)7-11(10)14-12/h3-4,7-8H,5-6H2,1-2H3. The molecule has 0 N–H and O–H groups in total. The lowest BCUT2D eigenvalue weighted by Gasteiger charge is -2.10. The second-order valence-corrected chi connectivity index (χ2v) is 4.29. The summed E-state index contributed by atoms with van der Waals surface area (Å²) in [6, 6.07) is 4.37. The van der Waals surface area contributed by atoms with Crippen molar-refractivity contribution in [2.45, 2.75) is 0 Å². The summed E-state index contributed by atoms with van der Waals surface area (Å²) >= 11 is 0. The van der Waals surface area contributed by atoms with Crippen LogP contribution >= 0.6 is 0 Å². The molecule has 0 aliphatic heterocycles. The van der Waals surface area contributed by atoms with Crippen molar-refractivity contribution in [2.75, 3.05) is 27.2 Å². The van der Waals surface area contributed by atoms with Crippen LogP contribution in [0.4, 0.5) is 5.69 Å². The first-order valence-corrected chi connectivity index (χ1v) is 5.75. The van der Waals surface area contributed by atoms with E-state index in [9.17, 15) is 10.1 Å². The van der Waals surface area contributed by atoms with Gasteiger partial charge < -0.3 is 9.64 Å². The smallest absolute Gasteiger partial charge is 0.271 e. The molecule has 7 heteroatoms. The molecule has 0 atom stereocenters. The number of rotatable bonds is 5. The first-order valence-electron chi connectivity index (χ1n) is 5.75. The van der Waals surface area contributed by atoms with Gasteiger partial charge in [-0.2, -0.15) is 0 Å². The number of fused-ring (bicyclic) bond motifs is 1. The van der Waals surface area contributed by atoms with Crippen LogP contribution in [0.3, 0.4) is 0 Å². The highest BCUT2D eigenvalue weighted by Crippen LogP contribution is 2.19. The van der Waals surface area contributed by atoms with Crippen molar-refractivity contribution in [1.29, 1.82) is 0 Å². The van der Waals surface area contributed by atoms with Crippen LogP contribution in [-0.4, -0.2) is 47.0 Å². The average Bonchev–Trinajstić information content (AvgIpc) is 2.37. The third-order valence-corrected chi connectivity index (χ3v) is 2.50. The summed E-state index contributed by atoms with van der Waals surface area (Å²) in [5.74, 6) is 0.370. The number of nitrogens with zero attached hydrogens (tertiary/aromatic N) is 4. The van der Waals surface area contributed by atoms with Crippen LogP contribution in [0.2, 0.25) is 0 Å². The van der Waals surface area contributed by atoms with Gasteiger partial charge in [0.1, 0.15) is 6.61 Å². The number of nitro benzene ring substituents is 1. The minimum absolute atomic E-state index is 0.00718. The molecule has 0 saturated heterocycles. The third kappa shape index (κ3) is 3.35. The normalized spacial score (nSPS) is 10.9. The van der Waals surface area contributed by atoms with Crippen molar-refractivity contribution < 1.29 is 9.66 Å². The molecule has 1 aromatic heterocycles. The van der Waals surface area contributed by atoms with Crippen LogP contribution in [0.15, 0.2) is 24.4 Å². The maximum Gasteiger partial charge on any atom is 0.271 e. The quantitative estimate of drug-likeness (QED) is 0.599. The van der Waals surface area contributed by atoms with Gasteiger partial charge in [0, 0.05) is 18.7 Å². The Labute approximate surface area is 110 Å². The molecule has 0 aliphatic rings. The summed E-state index contributed by atoms with van der Waals surface area (Å²) in [4.78, 5) is 20.6. The molecule has 0 unspecified atom stereocenters. The molecule has 0 saturated carbocycles. The summed E-state index contributed by atoms with van der Waals surface area (Å²) < 4.78 is 5.44. The van der Waals surface area contributed by atoms with E-state index in [1.54, 1.807) is 6.07 Å². The number of hydrogen-bond acceptors (Lipinski definition) is 6. The highest BCUT2D eigenvalue weighted by Gasteiger charge is 2.08. The molecule has 19 heavy (non-hydrogen) atoms. The maximum atomic E-state index is 10.7. The Hall–Kier alpha value is -2.28. The second-order valence-electron chi connectivity index (χ2n) is 4.29. The van der Waals surface area contributed by atoms with Gasteiger partial charge in [-0.15, -0.1) is 0 Å². The molecule has 0 radical (unpaired) electrons.